The van der Waals surface area contributed by atoms with Crippen LogP contribution in [0.15, 0.2) is 16.0 Å². The molecule has 3 rings (SSSR count). The summed E-state index contributed by atoms with van der Waals surface area (Å²) in [6, 6.07) is 4.07. The van der Waals surface area contributed by atoms with Crippen LogP contribution in [0.3, 0.4) is 0 Å². The third-order valence-corrected chi connectivity index (χ3v) is 5.01. The highest BCUT2D eigenvalue weighted by molar-refractivity contribution is 9.11. The normalized spacial score (nSPS) is 14.7. The summed E-state index contributed by atoms with van der Waals surface area (Å²) >= 11 is 5.06. The van der Waals surface area contributed by atoms with E-state index in [1.807, 2.05) is 26.8 Å². The summed E-state index contributed by atoms with van der Waals surface area (Å²) < 4.78 is 12.9. The number of aromatic nitrogens is 1. The van der Waals surface area contributed by atoms with Gasteiger partial charge in [-0.15, -0.1) is 11.3 Å². The van der Waals surface area contributed by atoms with E-state index in [2.05, 4.69) is 32.3 Å². The van der Waals surface area contributed by atoms with Crippen molar-refractivity contribution in [1.82, 2.24) is 10.3 Å². The van der Waals surface area contributed by atoms with Gasteiger partial charge in [-0.1, -0.05) is 0 Å². The van der Waals surface area contributed by atoms with Gasteiger partial charge in [0.2, 0.25) is 0 Å². The molecule has 1 amide bonds. The Morgan fingerprint density at radius 2 is 2.12 bits per heavy atom. The molecule has 7 heteroatoms. The highest BCUT2D eigenvalue weighted by atomic mass is 79.9. The van der Waals surface area contributed by atoms with Gasteiger partial charge in [0.05, 0.1) is 10.2 Å². The quantitative estimate of drug-likeness (QED) is 0.713. The zero-order valence-corrected chi connectivity index (χ0v) is 16.4. The Balaban J connectivity index is 1.58. The minimum atomic E-state index is -0.424. The Labute approximate surface area is 153 Å². The first-order chi connectivity index (χ1) is 11.3. The number of thiazole rings is 1. The van der Waals surface area contributed by atoms with Crippen LogP contribution in [-0.4, -0.2) is 29.8 Å². The molecule has 1 N–H and O–H groups in total. The van der Waals surface area contributed by atoms with Crippen molar-refractivity contribution in [3.8, 4) is 5.75 Å². The van der Waals surface area contributed by atoms with Crippen LogP contribution in [0.25, 0.3) is 10.2 Å². The van der Waals surface area contributed by atoms with Crippen LogP contribution in [0.1, 0.15) is 45.1 Å². The maximum atomic E-state index is 11.6. The molecule has 1 aromatic carbocycles. The Hall–Kier alpha value is -1.34. The summed E-state index contributed by atoms with van der Waals surface area (Å²) in [5.41, 5.74) is 2.03. The molecule has 0 aliphatic heterocycles. The molecule has 24 heavy (non-hydrogen) atoms. The molecule has 0 radical (unpaired) electrons. The van der Waals surface area contributed by atoms with Crippen molar-refractivity contribution in [1.29, 1.82) is 0 Å². The van der Waals surface area contributed by atoms with Gasteiger partial charge < -0.3 is 14.8 Å². The Kier molecular flexibility index (Phi) is 5.01. The summed E-state index contributed by atoms with van der Waals surface area (Å²) in [6.45, 7) is 6.27. The van der Waals surface area contributed by atoms with Crippen LogP contribution in [0.4, 0.5) is 4.79 Å². The van der Waals surface area contributed by atoms with E-state index in [4.69, 9.17) is 9.47 Å². The number of hydrogen-bond donors (Lipinski definition) is 1. The molecular weight excluding hydrogens is 392 g/mol. The second-order valence-corrected chi connectivity index (χ2v) is 9.27. The topological polar surface area (TPSA) is 60.5 Å². The van der Waals surface area contributed by atoms with E-state index >= 15 is 0 Å². The first-order valence-electron chi connectivity index (χ1n) is 7.99. The van der Waals surface area contributed by atoms with Crippen LogP contribution in [0, 0.1) is 0 Å². The summed E-state index contributed by atoms with van der Waals surface area (Å²) in [4.78, 5) is 16.2. The number of carbonyl (C=O) groups excluding carboxylic acids is 1. The van der Waals surface area contributed by atoms with Crippen LogP contribution in [0.5, 0.6) is 5.75 Å². The highest BCUT2D eigenvalue weighted by Gasteiger charge is 2.27. The number of nitrogens with zero attached hydrogens (tertiary/aromatic N) is 1. The maximum Gasteiger partial charge on any atom is 0.407 e. The number of halogens is 1. The molecule has 2 aromatic rings. The molecule has 1 saturated carbocycles. The SMILES string of the molecule is CC(C)(C)NC(=O)OCCOc1cc(C2CC2)c2nc(Br)sc2c1. The van der Waals surface area contributed by atoms with Crippen LogP contribution < -0.4 is 10.1 Å². The van der Waals surface area contributed by atoms with Gasteiger partial charge in [-0.3, -0.25) is 0 Å². The number of hydrogen-bond acceptors (Lipinski definition) is 5. The molecule has 0 saturated heterocycles. The van der Waals surface area contributed by atoms with Crippen LogP contribution >= 0.6 is 27.3 Å². The van der Waals surface area contributed by atoms with E-state index in [1.54, 1.807) is 11.3 Å². The van der Waals surface area contributed by atoms with Crippen molar-refractivity contribution in [2.24, 2.45) is 0 Å². The number of nitrogens with one attached hydrogen (secondary N) is 1. The summed E-state index contributed by atoms with van der Waals surface area (Å²) in [6.07, 6.45) is 2.00. The minimum absolute atomic E-state index is 0.213. The molecule has 1 heterocycles. The van der Waals surface area contributed by atoms with Crippen molar-refractivity contribution in [2.45, 2.75) is 45.1 Å². The largest absolute Gasteiger partial charge is 0.490 e. The zero-order chi connectivity index (χ0) is 17.3. The van der Waals surface area contributed by atoms with E-state index in [1.165, 1.54) is 18.4 Å². The fourth-order valence-electron chi connectivity index (χ4n) is 2.43. The summed E-state index contributed by atoms with van der Waals surface area (Å²) in [7, 11) is 0. The fraction of sp³-hybridized carbons (Fsp3) is 0.529. The van der Waals surface area contributed by atoms with E-state index < -0.39 is 6.09 Å². The third kappa shape index (κ3) is 4.60. The number of rotatable bonds is 5. The van der Waals surface area contributed by atoms with Gasteiger partial charge in [0.15, 0.2) is 3.92 Å². The average molecular weight is 413 g/mol. The molecule has 1 aliphatic rings. The monoisotopic (exact) mass is 412 g/mol. The van der Waals surface area contributed by atoms with Gasteiger partial charge in [-0.25, -0.2) is 9.78 Å². The first-order valence-corrected chi connectivity index (χ1v) is 9.60. The van der Waals surface area contributed by atoms with E-state index in [-0.39, 0.29) is 12.1 Å². The van der Waals surface area contributed by atoms with Gasteiger partial charge in [0.25, 0.3) is 0 Å². The molecule has 0 atom stereocenters. The number of fused-ring (bicyclic) bond motifs is 1. The molecule has 1 fully saturated rings. The second kappa shape index (κ2) is 6.88. The van der Waals surface area contributed by atoms with Crippen molar-refractivity contribution in [2.75, 3.05) is 13.2 Å². The van der Waals surface area contributed by atoms with Crippen molar-refractivity contribution in [3.05, 3.63) is 21.6 Å². The molecule has 0 unspecified atom stereocenters. The zero-order valence-electron chi connectivity index (χ0n) is 14.0. The number of amides is 1. The van der Waals surface area contributed by atoms with Gasteiger partial charge in [0, 0.05) is 5.54 Å². The second-order valence-electron chi connectivity index (χ2n) is 6.96. The van der Waals surface area contributed by atoms with Crippen molar-refractivity contribution < 1.29 is 14.3 Å². The summed E-state index contributed by atoms with van der Waals surface area (Å²) in [5, 5.41) is 2.75. The number of alkyl carbamates (subject to hydrolysis) is 1. The Bertz CT molecular complexity index is 750. The lowest BCUT2D eigenvalue weighted by molar-refractivity contribution is 0.118. The predicted molar refractivity (Wildman–Crippen MR) is 99.0 cm³/mol. The third-order valence-electron chi connectivity index (χ3n) is 3.55. The lowest BCUT2D eigenvalue weighted by Crippen LogP contribution is -2.41. The van der Waals surface area contributed by atoms with E-state index in [9.17, 15) is 4.79 Å². The smallest absolute Gasteiger partial charge is 0.407 e. The lowest BCUT2D eigenvalue weighted by atomic mass is 10.1. The van der Waals surface area contributed by atoms with Gasteiger partial charge in [0.1, 0.15) is 19.0 Å². The average Bonchev–Trinajstić information content (AvgIpc) is 3.22. The number of carbonyl (C=O) groups is 1. The molecule has 1 aliphatic carbocycles. The maximum absolute atomic E-state index is 11.6. The van der Waals surface area contributed by atoms with Crippen molar-refractivity contribution >= 4 is 43.6 Å². The van der Waals surface area contributed by atoms with Gasteiger partial charge in [-0.05, 0) is 73.2 Å². The fourth-order valence-corrected chi connectivity index (χ4v) is 3.88. The predicted octanol–water partition coefficient (Wildman–Crippen LogP) is 4.84. The van der Waals surface area contributed by atoms with E-state index in [0.29, 0.717) is 12.5 Å². The first kappa shape index (κ1) is 17.5. The Morgan fingerprint density at radius 3 is 2.79 bits per heavy atom. The molecule has 0 bridgehead atoms. The minimum Gasteiger partial charge on any atom is -0.490 e. The van der Waals surface area contributed by atoms with Crippen molar-refractivity contribution in [3.63, 3.8) is 0 Å². The number of ether oxygens (including phenoxy) is 2. The van der Waals surface area contributed by atoms with E-state index in [0.717, 1.165) is 19.9 Å². The molecule has 130 valence electrons. The van der Waals surface area contributed by atoms with Crippen LogP contribution in [-0.2, 0) is 4.74 Å². The lowest BCUT2D eigenvalue weighted by Gasteiger charge is -2.20. The number of benzene rings is 1. The Morgan fingerprint density at radius 1 is 1.38 bits per heavy atom. The molecule has 0 spiro atoms. The van der Waals surface area contributed by atoms with Gasteiger partial charge in [-0.2, -0.15) is 0 Å². The molecular formula is C17H21BrN2O3S. The van der Waals surface area contributed by atoms with Crippen LogP contribution in [0.2, 0.25) is 0 Å². The highest BCUT2D eigenvalue weighted by Crippen LogP contribution is 2.45. The molecule has 5 nitrogen and oxygen atoms in total. The summed E-state index contributed by atoms with van der Waals surface area (Å²) in [5.74, 6) is 1.40. The molecule has 1 aromatic heterocycles. The van der Waals surface area contributed by atoms with Gasteiger partial charge >= 0.3 is 6.09 Å². The standard InChI is InChI=1S/C17H21BrN2O3S/c1-17(2,3)20-16(21)23-7-6-22-11-8-12(10-4-5-10)14-13(9-11)24-15(18)19-14/h8-10H,4-7H2,1-3H3,(H,20,21).